The Morgan fingerprint density at radius 3 is 2.85 bits per heavy atom. The predicted octanol–water partition coefficient (Wildman–Crippen LogP) is 2.88. The van der Waals surface area contributed by atoms with Crippen molar-refractivity contribution in [2.24, 2.45) is 0 Å². The van der Waals surface area contributed by atoms with Crippen molar-refractivity contribution < 1.29 is 4.79 Å². The fourth-order valence-electron chi connectivity index (χ4n) is 2.69. The Labute approximate surface area is 149 Å². The fourth-order valence-corrected chi connectivity index (χ4v) is 2.69. The molecule has 0 aliphatic heterocycles. The van der Waals surface area contributed by atoms with Crippen molar-refractivity contribution in [3.8, 4) is 6.07 Å². The van der Waals surface area contributed by atoms with Gasteiger partial charge in [0.25, 0.3) is 0 Å². The Morgan fingerprint density at radius 2 is 2.12 bits per heavy atom. The van der Waals surface area contributed by atoms with Crippen LogP contribution in [-0.4, -0.2) is 26.5 Å². The zero-order valence-corrected chi connectivity index (χ0v) is 14.2. The van der Waals surface area contributed by atoms with Gasteiger partial charge in [-0.2, -0.15) is 9.78 Å². The molecule has 26 heavy (non-hydrogen) atoms. The number of nitrogens with one attached hydrogen (secondary N) is 3. The lowest BCUT2D eigenvalue weighted by Crippen LogP contribution is -2.08. The lowest BCUT2D eigenvalue weighted by Gasteiger charge is -2.12. The third-order valence-electron chi connectivity index (χ3n) is 3.97. The Hall–Kier alpha value is -3.60. The largest absolute Gasteiger partial charge is 0.379 e. The molecule has 0 radical (unpaired) electrons. The minimum Gasteiger partial charge on any atom is -0.379 e. The van der Waals surface area contributed by atoms with Gasteiger partial charge in [0.15, 0.2) is 17.2 Å². The van der Waals surface area contributed by atoms with Crippen molar-refractivity contribution >= 4 is 34.4 Å². The molecule has 2 heterocycles. The first kappa shape index (κ1) is 15.9. The summed E-state index contributed by atoms with van der Waals surface area (Å²) in [5.41, 5.74) is 3.31. The van der Waals surface area contributed by atoms with Gasteiger partial charge >= 0.3 is 0 Å². The van der Waals surface area contributed by atoms with Crippen molar-refractivity contribution in [2.75, 3.05) is 16.0 Å². The van der Waals surface area contributed by atoms with Gasteiger partial charge in [0.2, 0.25) is 5.91 Å². The highest BCUT2D eigenvalue weighted by Gasteiger charge is 2.23. The SMILES string of the molecule is CC(=O)Nc1cccc(Nc2cc(NC3CC3)c3ncc(C#N)n3n2)c1. The average Bonchev–Trinajstić information content (AvgIpc) is 3.31. The van der Waals surface area contributed by atoms with Crippen molar-refractivity contribution in [3.63, 3.8) is 0 Å². The zero-order valence-electron chi connectivity index (χ0n) is 14.2. The van der Waals surface area contributed by atoms with Crippen molar-refractivity contribution in [2.45, 2.75) is 25.8 Å². The number of hydrogen-bond acceptors (Lipinski definition) is 6. The molecular weight excluding hydrogens is 330 g/mol. The lowest BCUT2D eigenvalue weighted by atomic mass is 10.2. The molecular formula is C18H17N7O. The number of nitriles is 1. The van der Waals surface area contributed by atoms with E-state index >= 15 is 0 Å². The monoisotopic (exact) mass is 347 g/mol. The minimum atomic E-state index is -0.130. The number of rotatable bonds is 5. The Bertz CT molecular complexity index is 1030. The molecule has 1 aromatic carbocycles. The summed E-state index contributed by atoms with van der Waals surface area (Å²) in [6, 6.07) is 11.8. The van der Waals surface area contributed by atoms with Gasteiger partial charge in [-0.15, -0.1) is 5.10 Å². The second-order valence-corrected chi connectivity index (χ2v) is 6.24. The first-order valence-electron chi connectivity index (χ1n) is 8.32. The number of aromatic nitrogens is 3. The quantitative estimate of drug-likeness (QED) is 0.655. The summed E-state index contributed by atoms with van der Waals surface area (Å²) in [6.07, 6.45) is 3.77. The maximum atomic E-state index is 11.2. The van der Waals surface area contributed by atoms with Gasteiger partial charge in [0.05, 0.1) is 11.9 Å². The number of imidazole rings is 1. The highest BCUT2D eigenvalue weighted by molar-refractivity contribution is 5.89. The van der Waals surface area contributed by atoms with Crippen molar-refractivity contribution in [1.29, 1.82) is 5.26 Å². The van der Waals surface area contributed by atoms with Crippen LogP contribution in [0.2, 0.25) is 0 Å². The Balaban J connectivity index is 1.69. The van der Waals surface area contributed by atoms with E-state index in [1.807, 2.05) is 30.3 Å². The van der Waals surface area contributed by atoms with Crippen LogP contribution in [0.4, 0.5) is 22.9 Å². The fraction of sp³-hybridized carbons (Fsp3) is 0.222. The molecule has 8 nitrogen and oxygen atoms in total. The normalized spacial score (nSPS) is 13.2. The van der Waals surface area contributed by atoms with E-state index in [2.05, 4.69) is 32.1 Å². The van der Waals surface area contributed by atoms with Crippen LogP contribution in [0.15, 0.2) is 36.5 Å². The van der Waals surface area contributed by atoms with Crippen LogP contribution in [0.5, 0.6) is 0 Å². The molecule has 8 heteroatoms. The first-order chi connectivity index (χ1) is 12.6. The summed E-state index contributed by atoms with van der Waals surface area (Å²) in [5, 5.41) is 23.2. The van der Waals surface area contributed by atoms with E-state index in [9.17, 15) is 10.1 Å². The van der Waals surface area contributed by atoms with Crippen LogP contribution in [0.3, 0.4) is 0 Å². The van der Waals surface area contributed by atoms with Gasteiger partial charge < -0.3 is 16.0 Å². The molecule has 1 aliphatic rings. The van der Waals surface area contributed by atoms with E-state index in [0.29, 0.717) is 28.9 Å². The maximum absolute atomic E-state index is 11.2. The third kappa shape index (κ3) is 3.28. The lowest BCUT2D eigenvalue weighted by molar-refractivity contribution is -0.114. The molecule has 4 rings (SSSR count). The number of nitrogens with zero attached hydrogens (tertiary/aromatic N) is 4. The van der Waals surface area contributed by atoms with Crippen molar-refractivity contribution in [1.82, 2.24) is 14.6 Å². The van der Waals surface area contributed by atoms with Gasteiger partial charge in [-0.3, -0.25) is 4.79 Å². The molecule has 0 atom stereocenters. The molecule has 3 N–H and O–H groups in total. The number of fused-ring (bicyclic) bond motifs is 1. The van der Waals surface area contributed by atoms with Crippen LogP contribution in [0.25, 0.3) is 5.65 Å². The zero-order chi connectivity index (χ0) is 18.1. The number of carbonyl (C=O) groups is 1. The van der Waals surface area contributed by atoms with E-state index < -0.39 is 0 Å². The maximum Gasteiger partial charge on any atom is 0.221 e. The number of carbonyl (C=O) groups excluding carboxylic acids is 1. The topological polar surface area (TPSA) is 107 Å². The summed E-state index contributed by atoms with van der Waals surface area (Å²) in [5.74, 6) is 0.449. The van der Waals surface area contributed by atoms with Crippen LogP contribution < -0.4 is 16.0 Å². The van der Waals surface area contributed by atoms with E-state index in [1.54, 1.807) is 0 Å². The van der Waals surface area contributed by atoms with E-state index in [1.165, 1.54) is 17.6 Å². The Morgan fingerprint density at radius 1 is 1.31 bits per heavy atom. The molecule has 1 amide bonds. The molecule has 0 bridgehead atoms. The van der Waals surface area contributed by atoms with Gasteiger partial charge in [0, 0.05) is 30.4 Å². The van der Waals surface area contributed by atoms with Gasteiger partial charge in [-0.05, 0) is 31.0 Å². The highest BCUT2D eigenvalue weighted by atomic mass is 16.1. The summed E-state index contributed by atoms with van der Waals surface area (Å²) in [6.45, 7) is 1.47. The molecule has 1 saturated carbocycles. The number of amides is 1. The van der Waals surface area contributed by atoms with Gasteiger partial charge in [0.1, 0.15) is 6.07 Å². The first-order valence-corrected chi connectivity index (χ1v) is 8.32. The Kier molecular flexibility index (Phi) is 3.89. The molecule has 0 spiro atoms. The van der Waals surface area contributed by atoms with E-state index in [0.717, 1.165) is 24.2 Å². The molecule has 1 fully saturated rings. The number of benzene rings is 1. The minimum absolute atomic E-state index is 0.130. The summed E-state index contributed by atoms with van der Waals surface area (Å²) < 4.78 is 1.53. The highest BCUT2D eigenvalue weighted by Crippen LogP contribution is 2.29. The third-order valence-corrected chi connectivity index (χ3v) is 3.97. The molecule has 1 aliphatic carbocycles. The number of hydrogen-bond donors (Lipinski definition) is 3. The predicted molar refractivity (Wildman–Crippen MR) is 98.4 cm³/mol. The summed E-state index contributed by atoms with van der Waals surface area (Å²) in [4.78, 5) is 15.5. The van der Waals surface area contributed by atoms with Crippen LogP contribution in [0, 0.1) is 11.3 Å². The van der Waals surface area contributed by atoms with E-state index in [4.69, 9.17) is 0 Å². The molecule has 2 aromatic heterocycles. The van der Waals surface area contributed by atoms with Crippen LogP contribution in [0.1, 0.15) is 25.5 Å². The number of anilines is 4. The molecule has 0 unspecified atom stereocenters. The van der Waals surface area contributed by atoms with Gasteiger partial charge in [-0.1, -0.05) is 6.07 Å². The summed E-state index contributed by atoms with van der Waals surface area (Å²) >= 11 is 0. The molecule has 0 saturated heterocycles. The average molecular weight is 347 g/mol. The van der Waals surface area contributed by atoms with Crippen LogP contribution in [-0.2, 0) is 4.79 Å². The smallest absolute Gasteiger partial charge is 0.221 e. The molecule has 3 aromatic rings. The van der Waals surface area contributed by atoms with Gasteiger partial charge in [-0.25, -0.2) is 4.98 Å². The second kappa shape index (κ2) is 6.37. The van der Waals surface area contributed by atoms with E-state index in [-0.39, 0.29) is 5.91 Å². The standard InChI is InChI=1S/C18H17N7O/c1-11(26)21-13-3-2-4-14(7-13)23-17-8-16(22-12-5-6-12)18-20-10-15(9-19)25(18)24-17/h2-4,7-8,10,12,22H,5-6H2,1H3,(H,21,26)(H,23,24). The summed E-state index contributed by atoms with van der Waals surface area (Å²) in [7, 11) is 0. The van der Waals surface area contributed by atoms with Crippen LogP contribution >= 0.6 is 0 Å². The molecule has 130 valence electrons. The van der Waals surface area contributed by atoms with Crippen molar-refractivity contribution in [3.05, 3.63) is 42.2 Å². The second-order valence-electron chi connectivity index (χ2n) is 6.24.